The third kappa shape index (κ3) is 32.4. The highest BCUT2D eigenvalue weighted by atomic mass is 35.5. The lowest BCUT2D eigenvalue weighted by molar-refractivity contribution is -0.138. The molecule has 0 aromatic carbocycles. The average Bonchev–Trinajstić information content (AvgIpc) is 2.80. The van der Waals surface area contributed by atoms with E-state index in [-0.39, 0.29) is 55.6 Å². The predicted molar refractivity (Wildman–Crippen MR) is 134 cm³/mol. The van der Waals surface area contributed by atoms with Gasteiger partial charge in [0.05, 0.1) is 33.0 Å². The molecule has 2 aliphatic rings. The molecule has 5 atom stereocenters. The second-order valence-electron chi connectivity index (χ2n) is 7.99. The Balaban J connectivity index is -0.000000371. The molecular weight excluding hydrogens is 486 g/mol. The van der Waals surface area contributed by atoms with Gasteiger partial charge < -0.3 is 52.2 Å². The number of nitrogens with two attached hydrogens (primary N) is 2. The molecule has 2 amide bonds. The Kier molecular flexibility index (Phi) is 27.7. The van der Waals surface area contributed by atoms with Crippen LogP contribution in [0.1, 0.15) is 34.6 Å². The van der Waals surface area contributed by atoms with Crippen LogP contribution in [-0.4, -0.2) is 115 Å². The summed E-state index contributed by atoms with van der Waals surface area (Å²) in [5, 5.41) is 32.7. The second kappa shape index (κ2) is 25.5. The van der Waals surface area contributed by atoms with Crippen molar-refractivity contribution in [3.05, 3.63) is 0 Å². The normalized spacial score (nSPS) is 21.1. The zero-order chi connectivity index (χ0) is 27.8. The van der Waals surface area contributed by atoms with Crippen LogP contribution in [0.2, 0.25) is 0 Å². The van der Waals surface area contributed by atoms with E-state index >= 15 is 0 Å². The van der Waals surface area contributed by atoms with Gasteiger partial charge in [-0.2, -0.15) is 0 Å². The van der Waals surface area contributed by atoms with Crippen LogP contribution in [0.25, 0.3) is 0 Å². The van der Waals surface area contributed by atoms with Crippen molar-refractivity contribution in [2.24, 2.45) is 11.5 Å². The molecule has 0 spiro atoms. The smallest absolute Gasteiger partial charge is 0.320 e. The summed E-state index contributed by atoms with van der Waals surface area (Å²) in [7, 11) is 0. The number of hydrogen-bond donors (Lipinski definition) is 8. The van der Waals surface area contributed by atoms with E-state index in [0.717, 1.165) is 19.8 Å². The van der Waals surface area contributed by atoms with E-state index in [2.05, 4.69) is 22.9 Å². The Morgan fingerprint density at radius 3 is 1.86 bits per heavy atom. The van der Waals surface area contributed by atoms with Gasteiger partial charge in [-0.15, -0.1) is 11.6 Å². The van der Waals surface area contributed by atoms with Gasteiger partial charge in [0, 0.05) is 30.7 Å². The summed E-state index contributed by atoms with van der Waals surface area (Å²) in [4.78, 5) is 30.4. The minimum Gasteiger partial charge on any atom is -0.480 e. The number of aliphatic hydroxyl groups is 2. The highest BCUT2D eigenvalue weighted by molar-refractivity contribution is 6.27. The standard InChI is InChI=1S/C5H10ClNO2.C5H9NO2.C5H11NO.C3H7NO2.C3H9NO/c1-4(3-8)7-5(9)2-6;1-4-2-8-3-5(7)6-4;1-5-4-7-3-2-6-5;1-2(4)3(5)6;1-3(4)2-5/h4,8H,2-3H2,1H3,(H,7,9);4H,2-3H2,1H3,(H,6,7);5-6H,2-4H2,1H3;2H,4H2,1H3,(H,5,6);3,5H,2,4H2,1H3/t2*4-;5-;2-;3-/m00000/s1. The summed E-state index contributed by atoms with van der Waals surface area (Å²) in [5.41, 5.74) is 9.88. The number of carboxylic acid groups (broad SMARTS) is 1. The first-order valence-corrected chi connectivity index (χ1v) is 11.8. The number of aliphatic carboxylic acids is 1. The third-order valence-electron chi connectivity index (χ3n) is 3.60. The summed E-state index contributed by atoms with van der Waals surface area (Å²) >= 11 is 5.16. The molecule has 2 rings (SSSR count). The van der Waals surface area contributed by atoms with Crippen LogP contribution in [-0.2, 0) is 23.9 Å². The molecule has 0 aliphatic carbocycles. The molecule has 2 fully saturated rings. The van der Waals surface area contributed by atoms with E-state index in [4.69, 9.17) is 47.9 Å². The molecule has 0 aromatic heterocycles. The van der Waals surface area contributed by atoms with Gasteiger partial charge in [-0.3, -0.25) is 14.4 Å². The molecule has 2 heterocycles. The zero-order valence-corrected chi connectivity index (χ0v) is 22.2. The topological polar surface area (TPSA) is 218 Å². The number of aliphatic hydroxyl groups excluding tert-OH is 2. The minimum absolute atomic E-state index is 0.0104. The maximum atomic E-state index is 10.4. The number of alkyl halides is 1. The van der Waals surface area contributed by atoms with Crippen molar-refractivity contribution < 1.29 is 39.2 Å². The second-order valence-corrected chi connectivity index (χ2v) is 8.25. The Morgan fingerprint density at radius 1 is 1.11 bits per heavy atom. The maximum Gasteiger partial charge on any atom is 0.320 e. The predicted octanol–water partition coefficient (Wildman–Crippen LogP) is -2.02. The monoisotopic (exact) mass is 531 g/mol. The number of carboxylic acids is 1. The molecule has 0 saturated carbocycles. The van der Waals surface area contributed by atoms with Crippen LogP contribution in [0, 0.1) is 0 Å². The van der Waals surface area contributed by atoms with Crippen molar-refractivity contribution in [1.82, 2.24) is 16.0 Å². The lowest BCUT2D eigenvalue weighted by atomic mass is 10.3. The number of carbonyl (C=O) groups is 3. The maximum absolute atomic E-state index is 10.4. The lowest BCUT2D eigenvalue weighted by Crippen LogP contribution is -2.43. The molecule has 2 aliphatic heterocycles. The van der Waals surface area contributed by atoms with Gasteiger partial charge in [-0.25, -0.2) is 0 Å². The fourth-order valence-electron chi connectivity index (χ4n) is 1.74. The first-order valence-electron chi connectivity index (χ1n) is 11.3. The van der Waals surface area contributed by atoms with Crippen LogP contribution in [0.3, 0.4) is 0 Å². The highest BCUT2D eigenvalue weighted by Gasteiger charge is 2.12. The van der Waals surface area contributed by atoms with E-state index in [9.17, 15) is 14.4 Å². The molecule has 35 heavy (non-hydrogen) atoms. The number of ether oxygens (including phenoxy) is 2. The molecule has 13 nitrogen and oxygen atoms in total. The Bertz CT molecular complexity index is 538. The number of nitrogens with one attached hydrogen (secondary N) is 3. The first-order chi connectivity index (χ1) is 16.3. The average molecular weight is 532 g/mol. The molecule has 210 valence electrons. The molecule has 2 saturated heterocycles. The number of hydrogen-bond acceptors (Lipinski definition) is 10. The van der Waals surface area contributed by atoms with E-state index in [0.29, 0.717) is 12.6 Å². The fraction of sp³-hybridized carbons (Fsp3) is 0.857. The molecule has 0 radical (unpaired) electrons. The van der Waals surface area contributed by atoms with E-state index in [1.54, 1.807) is 13.8 Å². The minimum atomic E-state index is -0.963. The summed E-state index contributed by atoms with van der Waals surface area (Å²) < 4.78 is 10.0. The van der Waals surface area contributed by atoms with Crippen molar-refractivity contribution >= 4 is 29.4 Å². The van der Waals surface area contributed by atoms with E-state index in [1.165, 1.54) is 6.92 Å². The Morgan fingerprint density at radius 2 is 1.63 bits per heavy atom. The van der Waals surface area contributed by atoms with Gasteiger partial charge in [0.2, 0.25) is 11.8 Å². The van der Waals surface area contributed by atoms with Crippen LogP contribution in [0.4, 0.5) is 0 Å². The van der Waals surface area contributed by atoms with Crippen molar-refractivity contribution in [3.8, 4) is 0 Å². The zero-order valence-electron chi connectivity index (χ0n) is 21.5. The highest BCUT2D eigenvalue weighted by Crippen LogP contribution is 1.90. The van der Waals surface area contributed by atoms with Crippen LogP contribution in [0.15, 0.2) is 0 Å². The van der Waals surface area contributed by atoms with E-state index < -0.39 is 12.0 Å². The van der Waals surface area contributed by atoms with Crippen molar-refractivity contribution in [3.63, 3.8) is 0 Å². The molecular formula is C21H46ClN5O8. The van der Waals surface area contributed by atoms with Crippen LogP contribution < -0.4 is 27.4 Å². The quantitative estimate of drug-likeness (QED) is 0.181. The third-order valence-corrected chi connectivity index (χ3v) is 3.84. The van der Waals surface area contributed by atoms with Crippen LogP contribution in [0.5, 0.6) is 0 Å². The van der Waals surface area contributed by atoms with Gasteiger partial charge >= 0.3 is 5.97 Å². The van der Waals surface area contributed by atoms with Gasteiger partial charge in [0.15, 0.2) is 0 Å². The van der Waals surface area contributed by atoms with Crippen molar-refractivity contribution in [2.45, 2.75) is 64.8 Å². The summed E-state index contributed by atoms with van der Waals surface area (Å²) in [5.74, 6) is -1.28. The molecule has 10 N–H and O–H groups in total. The van der Waals surface area contributed by atoms with Gasteiger partial charge in [-0.1, -0.05) is 0 Å². The van der Waals surface area contributed by atoms with E-state index in [1.807, 2.05) is 6.92 Å². The summed E-state index contributed by atoms with van der Waals surface area (Å²) in [6.45, 7) is 12.6. The molecule has 0 unspecified atom stereocenters. The van der Waals surface area contributed by atoms with Crippen molar-refractivity contribution in [2.75, 3.05) is 52.1 Å². The summed E-state index contributed by atoms with van der Waals surface area (Å²) in [6, 6.07) is -0.235. The molecule has 0 bridgehead atoms. The fourth-order valence-corrected chi connectivity index (χ4v) is 1.82. The number of halogens is 1. The van der Waals surface area contributed by atoms with Gasteiger partial charge in [-0.05, 0) is 34.6 Å². The Labute approximate surface area is 213 Å². The summed E-state index contributed by atoms with van der Waals surface area (Å²) in [6.07, 6.45) is 0. The van der Waals surface area contributed by atoms with Crippen LogP contribution >= 0.6 is 11.6 Å². The largest absolute Gasteiger partial charge is 0.480 e. The number of amides is 2. The van der Waals surface area contributed by atoms with Crippen molar-refractivity contribution in [1.29, 1.82) is 0 Å². The lowest BCUT2D eigenvalue weighted by Gasteiger charge is -2.19. The number of morpholine rings is 2. The SMILES string of the molecule is C[C@@H](CO)NC(=O)CCl.C[C@H](N)C(=O)O.C[C@H](N)CO.C[C@H]1COCC(=O)N1.C[C@H]1COCCN1. The van der Waals surface area contributed by atoms with Gasteiger partial charge in [0.1, 0.15) is 18.5 Å². The number of carbonyl (C=O) groups excluding carboxylic acids is 2. The van der Waals surface area contributed by atoms with Gasteiger partial charge in [0.25, 0.3) is 0 Å². The Hall–Kier alpha value is -1.58. The number of rotatable bonds is 5. The molecule has 14 heteroatoms. The molecule has 0 aromatic rings. The first kappa shape index (κ1) is 38.0.